The number of carbonyl (C=O) groups excluding carboxylic acids is 1. The lowest BCUT2D eigenvalue weighted by Gasteiger charge is -2.30. The molecule has 7 heteroatoms. The number of aryl methyl sites for hydroxylation is 1. The third kappa shape index (κ3) is 5.56. The maximum atomic E-state index is 13.0. The zero-order valence-electron chi connectivity index (χ0n) is 15.6. The van der Waals surface area contributed by atoms with Crippen LogP contribution in [0.4, 0.5) is 0 Å². The molecule has 2 heterocycles. The van der Waals surface area contributed by atoms with E-state index in [1.165, 1.54) is 0 Å². The van der Waals surface area contributed by atoms with Gasteiger partial charge in [-0.1, -0.05) is 33.1 Å². The Morgan fingerprint density at radius 3 is 2.76 bits per heavy atom. The van der Waals surface area contributed by atoms with Crippen molar-refractivity contribution in [3.63, 3.8) is 0 Å². The van der Waals surface area contributed by atoms with Crippen molar-refractivity contribution in [1.82, 2.24) is 14.7 Å². The summed E-state index contributed by atoms with van der Waals surface area (Å²) in [4.78, 5) is 14.8. The average Bonchev–Trinajstić information content (AvgIpc) is 2.92. The lowest BCUT2D eigenvalue weighted by atomic mass is 9.94. The number of carbonyl (C=O) groups is 1. The Morgan fingerprint density at radius 2 is 2.16 bits per heavy atom. The van der Waals surface area contributed by atoms with E-state index in [9.17, 15) is 13.2 Å². The summed E-state index contributed by atoms with van der Waals surface area (Å²) in [5.41, 5.74) is 0.808. The van der Waals surface area contributed by atoms with Gasteiger partial charge < -0.3 is 4.90 Å². The number of aromatic nitrogens is 2. The topological polar surface area (TPSA) is 72.3 Å². The van der Waals surface area contributed by atoms with Crippen LogP contribution < -0.4 is 0 Å². The lowest BCUT2D eigenvalue weighted by molar-refractivity contribution is -0.134. The van der Waals surface area contributed by atoms with Crippen molar-refractivity contribution in [2.45, 2.75) is 58.4 Å². The van der Waals surface area contributed by atoms with Crippen molar-refractivity contribution in [2.75, 3.05) is 18.1 Å². The highest BCUT2D eigenvalue weighted by atomic mass is 32.2. The summed E-state index contributed by atoms with van der Waals surface area (Å²) >= 11 is 0. The van der Waals surface area contributed by atoms with Crippen LogP contribution in [-0.2, 0) is 21.7 Å². The molecule has 0 saturated carbocycles. The second-order valence-electron chi connectivity index (χ2n) is 7.14. The normalized spacial score (nSPS) is 21.7. The van der Waals surface area contributed by atoms with Gasteiger partial charge in [0.15, 0.2) is 9.84 Å². The second kappa shape index (κ2) is 8.83. The van der Waals surface area contributed by atoms with E-state index in [-0.39, 0.29) is 17.4 Å². The maximum absolute atomic E-state index is 13.0. The molecule has 0 radical (unpaired) electrons. The monoisotopic (exact) mass is 369 g/mol. The van der Waals surface area contributed by atoms with Gasteiger partial charge in [-0.05, 0) is 18.8 Å². The Hall–Kier alpha value is -1.37. The number of amides is 1. The van der Waals surface area contributed by atoms with Crippen LogP contribution in [0.15, 0.2) is 12.4 Å². The number of hydrogen-bond donors (Lipinski definition) is 0. The van der Waals surface area contributed by atoms with E-state index in [4.69, 9.17) is 0 Å². The van der Waals surface area contributed by atoms with E-state index in [0.29, 0.717) is 25.3 Å². The van der Waals surface area contributed by atoms with Gasteiger partial charge in [-0.25, -0.2) is 8.42 Å². The Bertz CT molecular complexity index is 669. The fourth-order valence-corrected chi connectivity index (χ4v) is 5.11. The van der Waals surface area contributed by atoms with Gasteiger partial charge in [0.2, 0.25) is 5.91 Å². The van der Waals surface area contributed by atoms with Crippen LogP contribution in [0.25, 0.3) is 0 Å². The van der Waals surface area contributed by atoms with Gasteiger partial charge in [0.1, 0.15) is 0 Å². The van der Waals surface area contributed by atoms with Gasteiger partial charge in [-0.15, -0.1) is 0 Å². The molecule has 142 valence electrons. The highest BCUT2D eigenvalue weighted by Gasteiger charge is 2.34. The molecule has 1 aliphatic heterocycles. The number of nitrogens with zero attached hydrogens (tertiary/aromatic N) is 3. The minimum absolute atomic E-state index is 0.00378. The molecule has 6 nitrogen and oxygen atoms in total. The molecule has 1 saturated heterocycles. The van der Waals surface area contributed by atoms with Crippen LogP contribution in [0.5, 0.6) is 0 Å². The average molecular weight is 370 g/mol. The van der Waals surface area contributed by atoms with Crippen molar-refractivity contribution in [1.29, 1.82) is 0 Å². The zero-order chi connectivity index (χ0) is 18.4. The molecule has 0 bridgehead atoms. The quantitative estimate of drug-likeness (QED) is 0.741. The molecule has 2 atom stereocenters. The summed E-state index contributed by atoms with van der Waals surface area (Å²) in [7, 11) is -1.35. The van der Waals surface area contributed by atoms with Crippen LogP contribution in [0, 0.1) is 5.92 Å². The van der Waals surface area contributed by atoms with Crippen LogP contribution >= 0.6 is 0 Å². The highest BCUT2D eigenvalue weighted by molar-refractivity contribution is 7.91. The largest absolute Gasteiger partial charge is 0.334 e. The van der Waals surface area contributed by atoms with Crippen molar-refractivity contribution in [3.8, 4) is 0 Å². The van der Waals surface area contributed by atoms with Gasteiger partial charge >= 0.3 is 0 Å². The molecular weight excluding hydrogens is 338 g/mol. The van der Waals surface area contributed by atoms with Crippen LogP contribution in [0.1, 0.15) is 64.0 Å². The molecule has 0 N–H and O–H groups in total. The third-order valence-electron chi connectivity index (χ3n) is 5.08. The van der Waals surface area contributed by atoms with Gasteiger partial charge in [-0.2, -0.15) is 5.10 Å². The Morgan fingerprint density at radius 1 is 1.40 bits per heavy atom. The molecule has 1 aromatic rings. The van der Waals surface area contributed by atoms with Gasteiger partial charge in [0.25, 0.3) is 0 Å². The fraction of sp³-hybridized carbons (Fsp3) is 0.778. The third-order valence-corrected chi connectivity index (χ3v) is 6.81. The predicted molar refractivity (Wildman–Crippen MR) is 98.9 cm³/mol. The molecule has 1 aromatic heterocycles. The number of sulfone groups is 1. The maximum Gasteiger partial charge on any atom is 0.223 e. The Kier molecular flexibility index (Phi) is 7.04. The summed E-state index contributed by atoms with van der Waals surface area (Å²) < 4.78 is 26.2. The smallest absolute Gasteiger partial charge is 0.223 e. The highest BCUT2D eigenvalue weighted by Crippen LogP contribution is 2.28. The number of hydrogen-bond acceptors (Lipinski definition) is 4. The number of unbranched alkanes of at least 4 members (excludes halogenated alkanes) is 1. The molecule has 1 aliphatic rings. The summed E-state index contributed by atoms with van der Waals surface area (Å²) in [5.74, 6) is 0.604. The van der Waals surface area contributed by atoms with Gasteiger partial charge in [-0.3, -0.25) is 9.48 Å². The molecule has 0 aliphatic carbocycles. The summed E-state index contributed by atoms with van der Waals surface area (Å²) in [6.07, 6.45) is 8.82. The molecule has 2 rings (SSSR count). The summed E-state index contributed by atoms with van der Waals surface area (Å²) in [6, 6.07) is -0.419. The minimum Gasteiger partial charge on any atom is -0.334 e. The first kappa shape index (κ1) is 19.9. The standard InChI is InChI=1S/C18H31N3O3S/c1-4-6-8-15(5-2)11-18(22)21-9-7-10-25(23,24)14-17(21)16-12-19-20(3)13-16/h12-13,15,17H,4-11,14H2,1-3H3. The van der Waals surface area contributed by atoms with Crippen molar-refractivity contribution < 1.29 is 13.2 Å². The van der Waals surface area contributed by atoms with E-state index in [1.807, 2.05) is 6.20 Å². The first-order valence-corrected chi connectivity index (χ1v) is 11.2. The molecule has 2 unspecified atom stereocenters. The molecule has 0 aromatic carbocycles. The second-order valence-corrected chi connectivity index (χ2v) is 9.37. The van der Waals surface area contributed by atoms with Crippen molar-refractivity contribution >= 4 is 15.7 Å². The SMILES string of the molecule is CCCCC(CC)CC(=O)N1CCCS(=O)(=O)CC1c1cnn(C)c1. The van der Waals surface area contributed by atoms with E-state index in [0.717, 1.165) is 31.2 Å². The Balaban J connectivity index is 2.20. The van der Waals surface area contributed by atoms with Gasteiger partial charge in [0, 0.05) is 31.8 Å². The summed E-state index contributed by atoms with van der Waals surface area (Å²) in [6.45, 7) is 4.79. The molecule has 1 fully saturated rings. The predicted octanol–water partition coefficient (Wildman–Crippen LogP) is 2.71. The molecular formula is C18H31N3O3S. The van der Waals surface area contributed by atoms with E-state index >= 15 is 0 Å². The molecule has 0 spiro atoms. The zero-order valence-corrected chi connectivity index (χ0v) is 16.5. The van der Waals surface area contributed by atoms with Crippen molar-refractivity contribution in [3.05, 3.63) is 18.0 Å². The molecule has 1 amide bonds. The summed E-state index contributed by atoms with van der Waals surface area (Å²) in [5, 5.41) is 4.17. The first-order chi connectivity index (χ1) is 11.9. The minimum atomic E-state index is -3.15. The first-order valence-electron chi connectivity index (χ1n) is 9.34. The van der Waals surface area contributed by atoms with E-state index in [2.05, 4.69) is 18.9 Å². The number of rotatable bonds is 7. The fourth-order valence-electron chi connectivity index (χ4n) is 3.52. The lowest BCUT2D eigenvalue weighted by Crippen LogP contribution is -2.37. The van der Waals surface area contributed by atoms with E-state index in [1.54, 1.807) is 22.8 Å². The van der Waals surface area contributed by atoms with Crippen LogP contribution in [0.2, 0.25) is 0 Å². The van der Waals surface area contributed by atoms with Crippen LogP contribution in [-0.4, -0.2) is 47.1 Å². The Labute approximate surface area is 151 Å². The molecule has 25 heavy (non-hydrogen) atoms. The van der Waals surface area contributed by atoms with E-state index < -0.39 is 15.9 Å². The van der Waals surface area contributed by atoms with Gasteiger partial charge in [0.05, 0.1) is 23.7 Å². The van der Waals surface area contributed by atoms with Crippen LogP contribution in [0.3, 0.4) is 0 Å². The van der Waals surface area contributed by atoms with Crippen molar-refractivity contribution in [2.24, 2.45) is 13.0 Å².